The standard InChI is InChI=1S/C21H22N2O2/c22-19-14-21(18-9-5-4-8-17(18)19)10-12-23(13-11-21)20(24)25-15-16-6-2-1-3-7-16/h1-9,22H,10-15H2. The fourth-order valence-electron chi connectivity index (χ4n) is 4.11. The van der Waals surface area contributed by atoms with Crippen LogP contribution in [-0.4, -0.2) is 29.8 Å². The Kier molecular flexibility index (Phi) is 4.04. The van der Waals surface area contributed by atoms with Crippen LogP contribution in [0.1, 0.15) is 36.0 Å². The zero-order valence-electron chi connectivity index (χ0n) is 14.2. The summed E-state index contributed by atoms with van der Waals surface area (Å²) in [6.07, 6.45) is 2.35. The van der Waals surface area contributed by atoms with Gasteiger partial charge < -0.3 is 15.0 Å². The fraction of sp³-hybridized carbons (Fsp3) is 0.333. The third-order valence-corrected chi connectivity index (χ3v) is 5.52. The molecule has 0 aromatic heterocycles. The third kappa shape index (κ3) is 2.93. The van der Waals surface area contributed by atoms with Gasteiger partial charge in [0.05, 0.1) is 0 Å². The van der Waals surface area contributed by atoms with E-state index >= 15 is 0 Å². The number of rotatable bonds is 2. The molecule has 2 aliphatic rings. The lowest BCUT2D eigenvalue weighted by atomic mass is 9.74. The summed E-state index contributed by atoms with van der Waals surface area (Å²) in [6.45, 7) is 1.69. The second-order valence-electron chi connectivity index (χ2n) is 7.01. The number of hydrogen-bond donors (Lipinski definition) is 1. The average molecular weight is 334 g/mol. The number of nitrogens with one attached hydrogen (secondary N) is 1. The smallest absolute Gasteiger partial charge is 0.410 e. The first-order valence-electron chi connectivity index (χ1n) is 8.81. The molecule has 25 heavy (non-hydrogen) atoms. The number of carbonyl (C=O) groups is 1. The van der Waals surface area contributed by atoms with Gasteiger partial charge >= 0.3 is 6.09 Å². The first kappa shape index (κ1) is 15.9. The van der Waals surface area contributed by atoms with Crippen molar-refractivity contribution in [2.24, 2.45) is 0 Å². The first-order chi connectivity index (χ1) is 12.2. The lowest BCUT2D eigenvalue weighted by molar-refractivity contribution is 0.0785. The van der Waals surface area contributed by atoms with Crippen LogP contribution in [0.3, 0.4) is 0 Å². The highest BCUT2D eigenvalue weighted by molar-refractivity contribution is 6.04. The zero-order valence-corrected chi connectivity index (χ0v) is 14.2. The van der Waals surface area contributed by atoms with Gasteiger partial charge in [-0.25, -0.2) is 4.79 Å². The SMILES string of the molecule is N=C1CC2(CCN(C(=O)OCc3ccccc3)CC2)c2ccccc21. The maximum Gasteiger partial charge on any atom is 0.410 e. The minimum Gasteiger partial charge on any atom is -0.445 e. The van der Waals surface area contributed by atoms with Crippen LogP contribution in [0.15, 0.2) is 54.6 Å². The van der Waals surface area contributed by atoms with E-state index in [2.05, 4.69) is 12.1 Å². The molecule has 1 saturated heterocycles. The number of piperidine rings is 1. The van der Waals surface area contributed by atoms with E-state index in [1.807, 2.05) is 42.5 Å². The van der Waals surface area contributed by atoms with Crippen LogP contribution in [0.5, 0.6) is 0 Å². The number of carbonyl (C=O) groups excluding carboxylic acids is 1. The van der Waals surface area contributed by atoms with E-state index in [1.165, 1.54) is 5.56 Å². The molecule has 1 aliphatic heterocycles. The van der Waals surface area contributed by atoms with Crippen molar-refractivity contribution in [1.29, 1.82) is 5.41 Å². The minimum absolute atomic E-state index is 0.0316. The Labute approximate surface area is 147 Å². The normalized spacial score (nSPS) is 18.2. The van der Waals surface area contributed by atoms with Gasteiger partial charge in [-0.15, -0.1) is 0 Å². The second-order valence-corrected chi connectivity index (χ2v) is 7.01. The van der Waals surface area contributed by atoms with Crippen LogP contribution in [0.4, 0.5) is 4.79 Å². The number of amides is 1. The van der Waals surface area contributed by atoms with E-state index in [1.54, 1.807) is 4.90 Å². The Morgan fingerprint density at radius 2 is 1.72 bits per heavy atom. The highest BCUT2D eigenvalue weighted by Crippen LogP contribution is 2.46. The monoisotopic (exact) mass is 334 g/mol. The predicted molar refractivity (Wildman–Crippen MR) is 97.0 cm³/mol. The molecular weight excluding hydrogens is 312 g/mol. The van der Waals surface area contributed by atoms with Crippen molar-refractivity contribution in [2.75, 3.05) is 13.1 Å². The van der Waals surface area contributed by atoms with Gasteiger partial charge in [-0.1, -0.05) is 54.6 Å². The van der Waals surface area contributed by atoms with Gasteiger partial charge in [-0.2, -0.15) is 0 Å². The largest absolute Gasteiger partial charge is 0.445 e. The Morgan fingerprint density at radius 3 is 2.48 bits per heavy atom. The van der Waals surface area contributed by atoms with E-state index < -0.39 is 0 Å². The molecule has 1 fully saturated rings. The Bertz CT molecular complexity index is 793. The molecule has 2 aromatic rings. The average Bonchev–Trinajstić information content (AvgIpc) is 2.93. The molecule has 1 aliphatic carbocycles. The van der Waals surface area contributed by atoms with Crippen molar-refractivity contribution < 1.29 is 9.53 Å². The summed E-state index contributed by atoms with van der Waals surface area (Å²) in [5.74, 6) is 0. The molecular formula is C21H22N2O2. The Morgan fingerprint density at radius 1 is 1.04 bits per heavy atom. The zero-order chi connectivity index (χ0) is 17.3. The number of ether oxygens (including phenoxy) is 1. The van der Waals surface area contributed by atoms with E-state index in [0.717, 1.165) is 36.1 Å². The van der Waals surface area contributed by atoms with Crippen molar-refractivity contribution in [3.8, 4) is 0 Å². The van der Waals surface area contributed by atoms with Gasteiger partial charge in [0.2, 0.25) is 0 Å². The highest BCUT2D eigenvalue weighted by Gasteiger charge is 2.44. The molecule has 0 bridgehead atoms. The number of benzene rings is 2. The molecule has 4 heteroatoms. The summed E-state index contributed by atoms with van der Waals surface area (Å²) < 4.78 is 5.45. The molecule has 1 heterocycles. The maximum absolute atomic E-state index is 12.3. The van der Waals surface area contributed by atoms with Crippen molar-refractivity contribution >= 4 is 11.8 Å². The van der Waals surface area contributed by atoms with Crippen LogP contribution >= 0.6 is 0 Å². The molecule has 1 N–H and O–H groups in total. The topological polar surface area (TPSA) is 53.4 Å². The number of hydrogen-bond acceptors (Lipinski definition) is 3. The molecule has 4 nitrogen and oxygen atoms in total. The van der Waals surface area contributed by atoms with Crippen LogP contribution in [0.25, 0.3) is 0 Å². The lowest BCUT2D eigenvalue weighted by Crippen LogP contribution is -2.44. The van der Waals surface area contributed by atoms with Crippen molar-refractivity contribution in [1.82, 2.24) is 4.90 Å². The highest BCUT2D eigenvalue weighted by atomic mass is 16.6. The summed E-state index contributed by atoms with van der Waals surface area (Å²) in [5.41, 5.74) is 4.14. The second kappa shape index (κ2) is 6.36. The number of likely N-dealkylation sites (tertiary alicyclic amines) is 1. The van der Waals surface area contributed by atoms with Gasteiger partial charge in [-0.05, 0) is 36.0 Å². The van der Waals surface area contributed by atoms with Gasteiger partial charge in [0, 0.05) is 24.2 Å². The molecule has 0 saturated carbocycles. The van der Waals surface area contributed by atoms with Gasteiger partial charge in [0.15, 0.2) is 0 Å². The molecule has 4 rings (SSSR count). The van der Waals surface area contributed by atoms with Gasteiger partial charge in [0.1, 0.15) is 6.61 Å². The molecule has 2 aromatic carbocycles. The molecule has 128 valence electrons. The van der Waals surface area contributed by atoms with Crippen LogP contribution in [-0.2, 0) is 16.8 Å². The molecule has 0 unspecified atom stereocenters. The minimum atomic E-state index is -0.236. The molecule has 1 amide bonds. The molecule has 1 spiro atoms. The first-order valence-corrected chi connectivity index (χ1v) is 8.81. The van der Waals surface area contributed by atoms with Gasteiger partial charge in [0.25, 0.3) is 0 Å². The molecule has 0 atom stereocenters. The van der Waals surface area contributed by atoms with E-state index in [9.17, 15) is 4.79 Å². The molecule has 0 radical (unpaired) electrons. The van der Waals surface area contributed by atoms with Crippen LogP contribution in [0, 0.1) is 5.41 Å². The quantitative estimate of drug-likeness (QED) is 0.898. The third-order valence-electron chi connectivity index (χ3n) is 5.52. The van der Waals surface area contributed by atoms with E-state index in [4.69, 9.17) is 10.1 Å². The van der Waals surface area contributed by atoms with Crippen molar-refractivity contribution in [2.45, 2.75) is 31.3 Å². The van der Waals surface area contributed by atoms with E-state index in [-0.39, 0.29) is 11.5 Å². The van der Waals surface area contributed by atoms with Crippen LogP contribution in [0.2, 0.25) is 0 Å². The lowest BCUT2D eigenvalue weighted by Gasteiger charge is -2.39. The summed E-state index contributed by atoms with van der Waals surface area (Å²) in [7, 11) is 0. The Balaban J connectivity index is 1.39. The number of nitrogens with zero attached hydrogens (tertiary/aromatic N) is 1. The predicted octanol–water partition coefficient (Wildman–Crippen LogP) is 4.13. The summed E-state index contributed by atoms with van der Waals surface area (Å²) >= 11 is 0. The fourth-order valence-corrected chi connectivity index (χ4v) is 4.11. The maximum atomic E-state index is 12.3. The van der Waals surface area contributed by atoms with E-state index in [0.29, 0.717) is 19.7 Å². The summed E-state index contributed by atoms with van der Waals surface area (Å²) in [5, 5.41) is 8.28. The van der Waals surface area contributed by atoms with Crippen molar-refractivity contribution in [3.63, 3.8) is 0 Å². The van der Waals surface area contributed by atoms with Crippen molar-refractivity contribution in [3.05, 3.63) is 71.3 Å². The number of fused-ring (bicyclic) bond motifs is 2. The summed E-state index contributed by atoms with van der Waals surface area (Å²) in [4.78, 5) is 14.2. The Hall–Kier alpha value is -2.62. The van der Waals surface area contributed by atoms with Crippen LogP contribution < -0.4 is 0 Å². The summed E-state index contributed by atoms with van der Waals surface area (Å²) in [6, 6.07) is 18.0. The van der Waals surface area contributed by atoms with Gasteiger partial charge in [-0.3, -0.25) is 0 Å².